The molecule has 0 spiro atoms. The normalized spacial score (nSPS) is 11.1. The molecular formula is C21H41NNa2O5. The number of ether oxygens (including phenoxy) is 1. The van der Waals surface area contributed by atoms with Crippen LogP contribution in [0.25, 0.3) is 0 Å². The molecule has 0 saturated carbocycles. The van der Waals surface area contributed by atoms with Crippen LogP contribution in [0.4, 0.5) is 0 Å². The minimum absolute atomic E-state index is 0. The monoisotopic (exact) mass is 433 g/mol. The summed E-state index contributed by atoms with van der Waals surface area (Å²) in [7, 11) is 0. The van der Waals surface area contributed by atoms with Crippen LogP contribution in [0.1, 0.15) is 113 Å². The number of carbonyl (C=O) groups is 3. The van der Waals surface area contributed by atoms with E-state index in [4.69, 9.17) is 10.8 Å². The van der Waals surface area contributed by atoms with Crippen molar-refractivity contribution in [2.24, 2.45) is 5.73 Å². The van der Waals surface area contributed by atoms with Crippen molar-refractivity contribution in [2.75, 3.05) is 0 Å². The number of unbranched alkanes of at least 4 members (excludes halogenated alkanes) is 12. The molecule has 0 bridgehead atoms. The zero-order valence-electron chi connectivity index (χ0n) is 21.0. The fourth-order valence-electron chi connectivity index (χ4n) is 2.92. The third-order valence-electron chi connectivity index (χ3n) is 4.67. The summed E-state index contributed by atoms with van der Waals surface area (Å²) in [6.07, 6.45) is 15.9. The molecule has 0 fully saturated rings. The van der Waals surface area contributed by atoms with Gasteiger partial charge in [0, 0.05) is 12.8 Å². The zero-order valence-corrected chi connectivity index (χ0v) is 23.0. The van der Waals surface area contributed by atoms with Crippen LogP contribution in [0.3, 0.4) is 0 Å². The van der Waals surface area contributed by atoms with Gasteiger partial charge in [-0.3, -0.25) is 9.59 Å². The Morgan fingerprint density at radius 3 is 1.62 bits per heavy atom. The molecule has 0 aliphatic carbocycles. The quantitative estimate of drug-likeness (QED) is 0.124. The molecule has 0 heterocycles. The van der Waals surface area contributed by atoms with Gasteiger partial charge < -0.3 is 18.4 Å². The van der Waals surface area contributed by atoms with E-state index in [1.807, 2.05) is 0 Å². The van der Waals surface area contributed by atoms with Crippen molar-refractivity contribution in [3.63, 3.8) is 0 Å². The van der Waals surface area contributed by atoms with E-state index in [0.29, 0.717) is 6.42 Å². The molecule has 29 heavy (non-hydrogen) atoms. The van der Waals surface area contributed by atoms with Crippen molar-refractivity contribution < 1.29 is 86.2 Å². The molecule has 0 aliphatic rings. The van der Waals surface area contributed by atoms with Gasteiger partial charge in [0.15, 0.2) is 0 Å². The topological polar surface area (TPSA) is 107 Å². The third-order valence-corrected chi connectivity index (χ3v) is 4.67. The van der Waals surface area contributed by atoms with Gasteiger partial charge in [-0.15, -0.1) is 0 Å². The maximum absolute atomic E-state index is 11.6. The van der Waals surface area contributed by atoms with Gasteiger partial charge in [-0.1, -0.05) is 84.0 Å². The molecule has 0 aliphatic heterocycles. The maximum atomic E-state index is 11.6. The molecule has 162 valence electrons. The van der Waals surface area contributed by atoms with E-state index in [0.717, 1.165) is 12.8 Å². The second-order valence-corrected chi connectivity index (χ2v) is 7.32. The molecule has 6 nitrogen and oxygen atoms in total. The van der Waals surface area contributed by atoms with Crippen LogP contribution in [-0.4, -0.2) is 29.1 Å². The number of carboxylic acids is 1. The van der Waals surface area contributed by atoms with E-state index in [1.165, 1.54) is 64.2 Å². The van der Waals surface area contributed by atoms with Crippen LogP contribution in [0.15, 0.2) is 0 Å². The minimum Gasteiger partial charge on any atom is -1.00 e. The summed E-state index contributed by atoms with van der Waals surface area (Å²) in [5.41, 5.74) is 5.50. The van der Waals surface area contributed by atoms with Gasteiger partial charge in [0.2, 0.25) is 0 Å². The standard InChI is InChI=1S/C21H39NO5.2Na.2H/c1-2-3-4-5-6-7-8-9-10-11-12-13-14-15-20(25)27-21(26)18(22)16-17-19(23)24;;;;/h18H,2-17,22H2,1H3,(H,23,24);;;;/q;2*+1;2*-1. The predicted octanol–water partition coefficient (Wildman–Crippen LogP) is -1.04. The van der Waals surface area contributed by atoms with Crippen molar-refractivity contribution >= 4 is 17.9 Å². The van der Waals surface area contributed by atoms with Crippen molar-refractivity contribution in [1.29, 1.82) is 0 Å². The fourth-order valence-corrected chi connectivity index (χ4v) is 2.92. The molecule has 0 aromatic rings. The summed E-state index contributed by atoms with van der Waals surface area (Å²) in [5, 5.41) is 8.54. The summed E-state index contributed by atoms with van der Waals surface area (Å²) < 4.78 is 4.66. The second kappa shape index (κ2) is 24.8. The van der Waals surface area contributed by atoms with E-state index in [2.05, 4.69) is 11.7 Å². The second-order valence-electron chi connectivity index (χ2n) is 7.32. The Balaban J connectivity index is -0.000000563. The van der Waals surface area contributed by atoms with Crippen LogP contribution in [0.5, 0.6) is 0 Å². The SMILES string of the molecule is CCCCCCCCCCCCCCCC(=O)OC(=O)C(N)CCC(=O)O.[H-].[H-].[Na+].[Na+]. The number of carboxylic acid groups (broad SMARTS) is 1. The van der Waals surface area contributed by atoms with E-state index in [-0.39, 0.29) is 81.2 Å². The van der Waals surface area contributed by atoms with E-state index < -0.39 is 23.9 Å². The molecule has 0 aromatic carbocycles. The zero-order chi connectivity index (χ0) is 20.3. The van der Waals surface area contributed by atoms with Gasteiger partial charge >= 0.3 is 77.0 Å². The molecule has 0 aromatic heterocycles. The van der Waals surface area contributed by atoms with Gasteiger partial charge in [0.05, 0.1) is 0 Å². The van der Waals surface area contributed by atoms with Gasteiger partial charge in [-0.2, -0.15) is 0 Å². The van der Waals surface area contributed by atoms with E-state index in [9.17, 15) is 14.4 Å². The van der Waals surface area contributed by atoms with Gasteiger partial charge in [0.1, 0.15) is 6.04 Å². The van der Waals surface area contributed by atoms with Crippen molar-refractivity contribution in [3.8, 4) is 0 Å². The molecule has 0 radical (unpaired) electrons. The number of aliphatic carboxylic acids is 1. The van der Waals surface area contributed by atoms with Gasteiger partial charge in [-0.25, -0.2) is 4.79 Å². The van der Waals surface area contributed by atoms with Gasteiger partial charge in [-0.05, 0) is 12.8 Å². The first-order valence-electron chi connectivity index (χ1n) is 10.7. The Hall–Kier alpha value is 0.570. The molecule has 3 N–H and O–H groups in total. The Bertz CT molecular complexity index is 433. The van der Waals surface area contributed by atoms with E-state index >= 15 is 0 Å². The molecule has 8 heteroatoms. The van der Waals surface area contributed by atoms with Crippen molar-refractivity contribution in [1.82, 2.24) is 0 Å². The Labute approximate surface area is 224 Å². The first-order chi connectivity index (χ1) is 13.0. The molecule has 1 atom stereocenters. The van der Waals surface area contributed by atoms with Crippen LogP contribution in [0.2, 0.25) is 0 Å². The molecule has 0 saturated heterocycles. The first-order valence-corrected chi connectivity index (χ1v) is 10.7. The maximum Gasteiger partial charge on any atom is 1.00 e. The van der Waals surface area contributed by atoms with Gasteiger partial charge in [0.25, 0.3) is 0 Å². The van der Waals surface area contributed by atoms with Crippen LogP contribution < -0.4 is 64.8 Å². The Morgan fingerprint density at radius 1 is 0.793 bits per heavy atom. The minimum atomic E-state index is -1.06. The van der Waals surface area contributed by atoms with Crippen LogP contribution >= 0.6 is 0 Å². The number of hydrogen-bond donors (Lipinski definition) is 2. The molecular weight excluding hydrogens is 392 g/mol. The van der Waals surface area contributed by atoms with Crippen LogP contribution in [0, 0.1) is 0 Å². The Kier molecular flexibility index (Phi) is 29.3. The van der Waals surface area contributed by atoms with Crippen molar-refractivity contribution in [2.45, 2.75) is 116 Å². The molecule has 0 amide bonds. The molecule has 1 unspecified atom stereocenters. The predicted molar refractivity (Wildman–Crippen MR) is 108 cm³/mol. The average molecular weight is 434 g/mol. The number of esters is 2. The number of hydrogen-bond acceptors (Lipinski definition) is 5. The number of nitrogens with two attached hydrogens (primary N) is 1. The summed E-state index contributed by atoms with van der Waals surface area (Å²) >= 11 is 0. The molecule has 0 rings (SSSR count). The largest absolute Gasteiger partial charge is 1.00 e. The van der Waals surface area contributed by atoms with E-state index in [1.54, 1.807) is 0 Å². The van der Waals surface area contributed by atoms with Crippen LogP contribution in [-0.2, 0) is 19.1 Å². The van der Waals surface area contributed by atoms with Crippen molar-refractivity contribution in [3.05, 3.63) is 0 Å². The smallest absolute Gasteiger partial charge is 1.00 e. The summed E-state index contributed by atoms with van der Waals surface area (Å²) in [4.78, 5) is 33.5. The first kappa shape index (κ1) is 34.2. The summed E-state index contributed by atoms with van der Waals surface area (Å²) in [6.45, 7) is 2.24. The third kappa shape index (κ3) is 24.7. The fraction of sp³-hybridized carbons (Fsp3) is 0.857. The summed E-state index contributed by atoms with van der Waals surface area (Å²) in [6, 6.07) is -1.06. The average Bonchev–Trinajstić information content (AvgIpc) is 2.63. The number of carbonyl (C=O) groups excluding carboxylic acids is 2. The summed E-state index contributed by atoms with van der Waals surface area (Å²) in [5.74, 6) is -2.44. The number of rotatable bonds is 18. The Morgan fingerprint density at radius 2 is 1.21 bits per heavy atom.